The first-order valence-corrected chi connectivity index (χ1v) is 8.55. The van der Waals surface area contributed by atoms with E-state index in [9.17, 15) is 13.6 Å². The fourth-order valence-corrected chi connectivity index (χ4v) is 4.25. The number of alkyl halides is 2. The number of hydrogen-bond donors (Lipinski definition) is 2. The molecule has 1 amide bonds. The highest BCUT2D eigenvalue weighted by Gasteiger charge is 2.49. The van der Waals surface area contributed by atoms with E-state index >= 15 is 0 Å². The maximum atomic E-state index is 12.8. The molecule has 2 N–H and O–H groups in total. The molecule has 1 aromatic rings. The number of fused-ring (bicyclic) bond motifs is 1. The first-order chi connectivity index (χ1) is 10.6. The van der Waals surface area contributed by atoms with Gasteiger partial charge in [0.25, 0.3) is 5.76 Å². The lowest BCUT2D eigenvalue weighted by Gasteiger charge is -2.37. The summed E-state index contributed by atoms with van der Waals surface area (Å²) in [6.45, 7) is 1.61. The van der Waals surface area contributed by atoms with E-state index in [2.05, 4.69) is 10.6 Å². The van der Waals surface area contributed by atoms with Crippen molar-refractivity contribution >= 4 is 35.8 Å². The summed E-state index contributed by atoms with van der Waals surface area (Å²) in [7, 11) is 0. The molecule has 0 bridgehead atoms. The minimum absolute atomic E-state index is 0. The molecule has 1 aromatic carbocycles. The first kappa shape index (κ1) is 18.5. The molecule has 1 heterocycles. The molecular formula is C16H21ClF2N2OS. The maximum absolute atomic E-state index is 12.8. The first-order valence-electron chi connectivity index (χ1n) is 7.67. The third-order valence-corrected chi connectivity index (χ3v) is 5.51. The number of amides is 1. The second-order valence-electron chi connectivity index (χ2n) is 6.09. The summed E-state index contributed by atoms with van der Waals surface area (Å²) in [6, 6.07) is 6.70. The van der Waals surface area contributed by atoms with Gasteiger partial charge in [-0.05, 0) is 43.5 Å². The highest BCUT2D eigenvalue weighted by atomic mass is 35.5. The summed E-state index contributed by atoms with van der Waals surface area (Å²) in [5.74, 6) is -2.03. The van der Waals surface area contributed by atoms with Crippen LogP contribution in [-0.4, -0.2) is 24.8 Å². The van der Waals surface area contributed by atoms with E-state index in [4.69, 9.17) is 0 Å². The number of halogens is 3. The van der Waals surface area contributed by atoms with Gasteiger partial charge < -0.3 is 10.6 Å². The second kappa shape index (κ2) is 7.81. The lowest BCUT2D eigenvalue weighted by atomic mass is 9.67. The third kappa shape index (κ3) is 3.98. The Bertz CT molecular complexity index is 561. The Labute approximate surface area is 145 Å². The van der Waals surface area contributed by atoms with Crippen molar-refractivity contribution in [1.29, 1.82) is 0 Å². The number of rotatable bonds is 4. The van der Waals surface area contributed by atoms with Crippen molar-refractivity contribution in [2.45, 2.75) is 36.3 Å². The van der Waals surface area contributed by atoms with Crippen LogP contribution in [0.25, 0.3) is 0 Å². The molecule has 2 atom stereocenters. The van der Waals surface area contributed by atoms with Gasteiger partial charge in [0.05, 0.1) is 5.41 Å². The van der Waals surface area contributed by atoms with E-state index in [1.54, 1.807) is 24.3 Å². The zero-order chi connectivity index (χ0) is 15.6. The summed E-state index contributed by atoms with van der Waals surface area (Å²) in [4.78, 5) is 13.3. The largest absolute Gasteiger partial charge is 0.326 e. The van der Waals surface area contributed by atoms with Crippen LogP contribution in [0.3, 0.4) is 0 Å². The number of carbonyl (C=O) groups is 1. The predicted molar refractivity (Wildman–Crippen MR) is 91.4 cm³/mol. The van der Waals surface area contributed by atoms with Gasteiger partial charge in [-0.15, -0.1) is 12.4 Å². The molecule has 2 fully saturated rings. The maximum Gasteiger partial charge on any atom is 0.288 e. The van der Waals surface area contributed by atoms with Gasteiger partial charge in [0.1, 0.15) is 0 Å². The van der Waals surface area contributed by atoms with Gasteiger partial charge in [0, 0.05) is 17.1 Å². The predicted octanol–water partition coefficient (Wildman–Crippen LogP) is 4.14. The molecule has 1 aliphatic carbocycles. The van der Waals surface area contributed by atoms with E-state index in [1.807, 2.05) is 0 Å². The van der Waals surface area contributed by atoms with Crippen molar-refractivity contribution in [3.05, 3.63) is 24.3 Å². The quantitative estimate of drug-likeness (QED) is 0.791. The van der Waals surface area contributed by atoms with Crippen LogP contribution < -0.4 is 10.6 Å². The van der Waals surface area contributed by atoms with Crippen LogP contribution in [0.4, 0.5) is 14.5 Å². The van der Waals surface area contributed by atoms with E-state index in [-0.39, 0.29) is 23.7 Å². The Balaban J connectivity index is 0.00000192. The monoisotopic (exact) mass is 362 g/mol. The summed E-state index contributed by atoms with van der Waals surface area (Å²) in [6.07, 6.45) is 4.25. The highest BCUT2D eigenvalue weighted by molar-refractivity contribution is 7.99. The lowest BCUT2D eigenvalue weighted by molar-refractivity contribution is -0.128. The molecule has 3 rings (SSSR count). The van der Waals surface area contributed by atoms with Gasteiger partial charge in [0.2, 0.25) is 5.91 Å². The molecule has 1 aliphatic heterocycles. The van der Waals surface area contributed by atoms with Crippen molar-refractivity contribution < 1.29 is 13.6 Å². The standard InChI is InChI=1S/C16H20F2N2OS.ClH/c17-15(18)22-13-6-3-5-12(8-13)20-14(21)16-7-2-1-4-11(16)9-19-10-16;/h3,5-6,8,11,15,19H,1-2,4,7,9-10H2,(H,20,21);1H/t11-,16+;/m0./s1. The number of carbonyl (C=O) groups excluding carboxylic acids is 1. The molecule has 1 saturated heterocycles. The zero-order valence-corrected chi connectivity index (χ0v) is 14.3. The zero-order valence-electron chi connectivity index (χ0n) is 12.7. The summed E-state index contributed by atoms with van der Waals surface area (Å²) in [5.41, 5.74) is 0.269. The molecule has 2 aliphatic rings. The Kier molecular flexibility index (Phi) is 6.28. The van der Waals surface area contributed by atoms with Crippen LogP contribution in [0, 0.1) is 11.3 Å². The number of nitrogens with one attached hydrogen (secondary N) is 2. The van der Waals surface area contributed by atoms with E-state index in [0.717, 1.165) is 32.4 Å². The summed E-state index contributed by atoms with van der Waals surface area (Å²) < 4.78 is 24.9. The van der Waals surface area contributed by atoms with Crippen LogP contribution in [-0.2, 0) is 4.79 Å². The summed E-state index contributed by atoms with van der Waals surface area (Å²) >= 11 is 0.496. The Morgan fingerprint density at radius 1 is 1.39 bits per heavy atom. The van der Waals surface area contributed by atoms with Crippen LogP contribution in [0.1, 0.15) is 25.7 Å². The van der Waals surface area contributed by atoms with Crippen molar-refractivity contribution in [1.82, 2.24) is 5.32 Å². The number of hydrogen-bond acceptors (Lipinski definition) is 3. The number of benzene rings is 1. The molecular weight excluding hydrogens is 342 g/mol. The Morgan fingerprint density at radius 2 is 2.22 bits per heavy atom. The van der Waals surface area contributed by atoms with Crippen LogP contribution >= 0.6 is 24.2 Å². The minimum atomic E-state index is -2.45. The molecule has 0 radical (unpaired) electrons. The van der Waals surface area contributed by atoms with Gasteiger partial charge in [-0.2, -0.15) is 8.78 Å². The molecule has 0 unspecified atom stereocenters. The smallest absolute Gasteiger partial charge is 0.288 e. The highest BCUT2D eigenvalue weighted by Crippen LogP contribution is 2.44. The minimum Gasteiger partial charge on any atom is -0.326 e. The number of anilines is 1. The molecule has 128 valence electrons. The Morgan fingerprint density at radius 3 is 3.00 bits per heavy atom. The van der Waals surface area contributed by atoms with E-state index in [1.165, 1.54) is 6.42 Å². The third-order valence-electron chi connectivity index (χ3n) is 4.81. The van der Waals surface area contributed by atoms with Crippen molar-refractivity contribution in [2.24, 2.45) is 11.3 Å². The van der Waals surface area contributed by atoms with Gasteiger partial charge in [-0.1, -0.05) is 30.7 Å². The molecule has 3 nitrogen and oxygen atoms in total. The van der Waals surface area contributed by atoms with Gasteiger partial charge in [-0.25, -0.2) is 0 Å². The van der Waals surface area contributed by atoms with E-state index < -0.39 is 5.76 Å². The lowest BCUT2D eigenvalue weighted by Crippen LogP contribution is -2.44. The van der Waals surface area contributed by atoms with Crippen molar-refractivity contribution in [3.63, 3.8) is 0 Å². The molecule has 23 heavy (non-hydrogen) atoms. The van der Waals surface area contributed by atoms with Crippen LogP contribution in [0.5, 0.6) is 0 Å². The Hall–Kier alpha value is -0.850. The van der Waals surface area contributed by atoms with Gasteiger partial charge in [0.15, 0.2) is 0 Å². The van der Waals surface area contributed by atoms with Crippen molar-refractivity contribution in [2.75, 3.05) is 18.4 Å². The SMILES string of the molecule is Cl.O=C(Nc1cccc(SC(F)F)c1)[C@@]12CCCC[C@H]1CNC2. The average Bonchev–Trinajstić information content (AvgIpc) is 2.92. The summed E-state index contributed by atoms with van der Waals surface area (Å²) in [5, 5.41) is 6.30. The second-order valence-corrected chi connectivity index (χ2v) is 7.15. The average molecular weight is 363 g/mol. The molecule has 7 heteroatoms. The molecule has 1 saturated carbocycles. The number of thioether (sulfide) groups is 1. The fourth-order valence-electron chi connectivity index (χ4n) is 3.70. The van der Waals surface area contributed by atoms with Crippen LogP contribution in [0.15, 0.2) is 29.2 Å². The van der Waals surface area contributed by atoms with Crippen molar-refractivity contribution in [3.8, 4) is 0 Å². The van der Waals surface area contributed by atoms with Gasteiger partial charge in [-0.3, -0.25) is 4.79 Å². The van der Waals surface area contributed by atoms with Crippen LogP contribution in [0.2, 0.25) is 0 Å². The molecule has 0 spiro atoms. The normalized spacial score (nSPS) is 26.5. The molecule has 0 aromatic heterocycles. The van der Waals surface area contributed by atoms with E-state index in [0.29, 0.717) is 28.3 Å². The van der Waals surface area contributed by atoms with Gasteiger partial charge >= 0.3 is 0 Å². The topological polar surface area (TPSA) is 41.1 Å². The fraction of sp³-hybridized carbons (Fsp3) is 0.562.